The maximum Gasteiger partial charge on any atom is 0.255 e. The number of rotatable bonds is 5. The summed E-state index contributed by atoms with van der Waals surface area (Å²) in [7, 11) is 1.53. The number of methoxy groups -OCH3 is 1. The van der Waals surface area contributed by atoms with E-state index < -0.39 is 0 Å². The highest BCUT2D eigenvalue weighted by Gasteiger charge is 2.13. The molecule has 0 bridgehead atoms. The molecule has 0 radical (unpaired) electrons. The van der Waals surface area contributed by atoms with Gasteiger partial charge in [0.25, 0.3) is 5.91 Å². The van der Waals surface area contributed by atoms with Crippen LogP contribution in [0.4, 0.5) is 0 Å². The lowest BCUT2D eigenvalue weighted by atomic mass is 10.1. The zero-order valence-corrected chi connectivity index (χ0v) is 13.4. The normalized spacial score (nSPS) is 10.4. The first-order valence-electron chi connectivity index (χ1n) is 7.48. The van der Waals surface area contributed by atoms with Crippen molar-refractivity contribution in [3.8, 4) is 17.2 Å². The van der Waals surface area contributed by atoms with E-state index in [2.05, 4.69) is 15.5 Å². The third-order valence-electron chi connectivity index (χ3n) is 3.48. The topological polar surface area (TPSA) is 77.2 Å². The smallest absolute Gasteiger partial charge is 0.255 e. The van der Waals surface area contributed by atoms with Gasteiger partial charge in [0.05, 0.1) is 19.2 Å². The van der Waals surface area contributed by atoms with Crippen LogP contribution in [0.5, 0.6) is 5.75 Å². The standard InChI is InChI=1S/C18H17N3O3/c1-12-6-5-7-13(10-12)18-21-20-16(24-18)11-19-17(22)14-8-3-4-9-15(14)23-2/h3-10H,11H2,1-2H3,(H,19,22). The van der Waals surface area contributed by atoms with Crippen molar-refractivity contribution in [1.29, 1.82) is 0 Å². The maximum atomic E-state index is 12.2. The molecule has 0 fully saturated rings. The molecular weight excluding hydrogens is 306 g/mol. The van der Waals surface area contributed by atoms with E-state index in [-0.39, 0.29) is 12.5 Å². The fourth-order valence-electron chi connectivity index (χ4n) is 2.30. The van der Waals surface area contributed by atoms with Crippen molar-refractivity contribution in [2.75, 3.05) is 7.11 Å². The summed E-state index contributed by atoms with van der Waals surface area (Å²) in [5.41, 5.74) is 2.42. The van der Waals surface area contributed by atoms with Crippen LogP contribution in [0.15, 0.2) is 52.9 Å². The zero-order chi connectivity index (χ0) is 16.9. The van der Waals surface area contributed by atoms with Crippen LogP contribution in [0.2, 0.25) is 0 Å². The van der Waals surface area contributed by atoms with E-state index in [4.69, 9.17) is 9.15 Å². The second-order valence-corrected chi connectivity index (χ2v) is 5.25. The number of ether oxygens (including phenoxy) is 1. The number of amides is 1. The first-order chi connectivity index (χ1) is 11.7. The van der Waals surface area contributed by atoms with Crippen molar-refractivity contribution in [1.82, 2.24) is 15.5 Å². The highest BCUT2D eigenvalue weighted by molar-refractivity contribution is 5.96. The van der Waals surface area contributed by atoms with Crippen molar-refractivity contribution >= 4 is 5.91 Å². The van der Waals surface area contributed by atoms with Gasteiger partial charge in [-0.05, 0) is 31.2 Å². The van der Waals surface area contributed by atoms with Crippen molar-refractivity contribution in [3.63, 3.8) is 0 Å². The van der Waals surface area contributed by atoms with Crippen LogP contribution in [-0.2, 0) is 6.54 Å². The molecule has 0 spiro atoms. The van der Waals surface area contributed by atoms with Crippen LogP contribution in [0.3, 0.4) is 0 Å². The molecule has 122 valence electrons. The molecule has 0 saturated carbocycles. The van der Waals surface area contributed by atoms with E-state index in [1.807, 2.05) is 37.3 Å². The van der Waals surface area contributed by atoms with Gasteiger partial charge in [0, 0.05) is 5.56 Å². The molecule has 1 amide bonds. The van der Waals surface area contributed by atoms with Gasteiger partial charge in [-0.3, -0.25) is 4.79 Å². The summed E-state index contributed by atoms with van der Waals surface area (Å²) >= 11 is 0. The van der Waals surface area contributed by atoms with E-state index in [1.54, 1.807) is 18.2 Å². The van der Waals surface area contributed by atoms with Crippen LogP contribution in [-0.4, -0.2) is 23.2 Å². The van der Waals surface area contributed by atoms with Crippen molar-refractivity contribution < 1.29 is 13.9 Å². The number of hydrogen-bond donors (Lipinski definition) is 1. The number of benzene rings is 2. The van der Waals surface area contributed by atoms with Gasteiger partial charge in [0.1, 0.15) is 5.75 Å². The molecule has 1 aromatic heterocycles. The first-order valence-corrected chi connectivity index (χ1v) is 7.48. The molecule has 6 nitrogen and oxygen atoms in total. The Morgan fingerprint density at radius 2 is 2.00 bits per heavy atom. The number of nitrogens with zero attached hydrogens (tertiary/aromatic N) is 2. The Morgan fingerprint density at radius 3 is 2.79 bits per heavy atom. The molecule has 3 rings (SSSR count). The number of carbonyl (C=O) groups excluding carboxylic acids is 1. The van der Waals surface area contributed by atoms with E-state index in [9.17, 15) is 4.79 Å². The highest BCUT2D eigenvalue weighted by atomic mass is 16.5. The fourth-order valence-corrected chi connectivity index (χ4v) is 2.30. The van der Waals surface area contributed by atoms with Gasteiger partial charge >= 0.3 is 0 Å². The lowest BCUT2D eigenvalue weighted by Gasteiger charge is -2.07. The molecule has 6 heteroatoms. The summed E-state index contributed by atoms with van der Waals surface area (Å²) in [6, 6.07) is 14.8. The van der Waals surface area contributed by atoms with E-state index >= 15 is 0 Å². The van der Waals surface area contributed by atoms with Gasteiger partial charge in [-0.25, -0.2) is 0 Å². The summed E-state index contributed by atoms with van der Waals surface area (Å²) in [5.74, 6) is 1.03. The van der Waals surface area contributed by atoms with Crippen LogP contribution >= 0.6 is 0 Å². The second kappa shape index (κ2) is 6.95. The number of carbonyl (C=O) groups is 1. The average molecular weight is 323 g/mol. The third-order valence-corrected chi connectivity index (χ3v) is 3.48. The Bertz CT molecular complexity index is 858. The summed E-state index contributed by atoms with van der Waals surface area (Å²) in [5, 5.41) is 10.7. The van der Waals surface area contributed by atoms with E-state index in [0.717, 1.165) is 11.1 Å². The summed E-state index contributed by atoms with van der Waals surface area (Å²) < 4.78 is 10.8. The fraction of sp³-hybridized carbons (Fsp3) is 0.167. The molecule has 0 unspecified atom stereocenters. The molecular formula is C18H17N3O3. The molecule has 0 atom stereocenters. The van der Waals surface area contributed by atoms with E-state index in [0.29, 0.717) is 23.1 Å². The summed E-state index contributed by atoms with van der Waals surface area (Å²) in [4.78, 5) is 12.2. The SMILES string of the molecule is COc1ccccc1C(=O)NCc1nnc(-c2cccc(C)c2)o1. The third kappa shape index (κ3) is 3.43. The minimum atomic E-state index is -0.261. The van der Waals surface area contributed by atoms with Gasteiger partial charge in [0.2, 0.25) is 11.8 Å². The average Bonchev–Trinajstić information content (AvgIpc) is 3.08. The Labute approximate surface area is 139 Å². The minimum absolute atomic E-state index is 0.149. The quantitative estimate of drug-likeness (QED) is 0.781. The van der Waals surface area contributed by atoms with Gasteiger partial charge in [-0.2, -0.15) is 0 Å². The van der Waals surface area contributed by atoms with Crippen molar-refractivity contribution in [2.24, 2.45) is 0 Å². The molecule has 1 heterocycles. The largest absolute Gasteiger partial charge is 0.496 e. The second-order valence-electron chi connectivity index (χ2n) is 5.25. The predicted octanol–water partition coefficient (Wildman–Crippen LogP) is 2.98. The molecule has 3 aromatic rings. The summed E-state index contributed by atoms with van der Waals surface area (Å²) in [6.07, 6.45) is 0. The van der Waals surface area contributed by atoms with E-state index in [1.165, 1.54) is 7.11 Å². The number of nitrogens with one attached hydrogen (secondary N) is 1. The molecule has 0 aliphatic rings. The number of aromatic nitrogens is 2. The number of hydrogen-bond acceptors (Lipinski definition) is 5. The lowest BCUT2D eigenvalue weighted by molar-refractivity contribution is 0.0944. The molecule has 0 aliphatic heterocycles. The molecule has 1 N–H and O–H groups in total. The predicted molar refractivity (Wildman–Crippen MR) is 88.6 cm³/mol. The maximum absolute atomic E-state index is 12.2. The van der Waals surface area contributed by atoms with Crippen molar-refractivity contribution in [3.05, 3.63) is 65.5 Å². The molecule has 0 aliphatic carbocycles. The van der Waals surface area contributed by atoms with Crippen LogP contribution in [0, 0.1) is 6.92 Å². The van der Waals surface area contributed by atoms with Crippen LogP contribution < -0.4 is 10.1 Å². The Balaban J connectivity index is 1.68. The zero-order valence-electron chi connectivity index (χ0n) is 13.4. The van der Waals surface area contributed by atoms with Gasteiger partial charge in [-0.15, -0.1) is 10.2 Å². The monoisotopic (exact) mass is 323 g/mol. The lowest BCUT2D eigenvalue weighted by Crippen LogP contribution is -2.23. The van der Waals surface area contributed by atoms with Crippen LogP contribution in [0.1, 0.15) is 21.8 Å². The summed E-state index contributed by atoms with van der Waals surface area (Å²) in [6.45, 7) is 2.14. The minimum Gasteiger partial charge on any atom is -0.496 e. The Kier molecular flexibility index (Phi) is 4.56. The molecule has 0 saturated heterocycles. The number of aryl methyl sites for hydroxylation is 1. The van der Waals surface area contributed by atoms with Gasteiger partial charge < -0.3 is 14.5 Å². The Morgan fingerprint density at radius 1 is 1.17 bits per heavy atom. The first kappa shape index (κ1) is 15.7. The Hall–Kier alpha value is -3.15. The number of para-hydroxylation sites is 1. The van der Waals surface area contributed by atoms with Gasteiger partial charge in [-0.1, -0.05) is 29.8 Å². The molecule has 24 heavy (non-hydrogen) atoms. The molecule has 2 aromatic carbocycles. The van der Waals surface area contributed by atoms with Gasteiger partial charge in [0.15, 0.2) is 0 Å². The van der Waals surface area contributed by atoms with Crippen molar-refractivity contribution in [2.45, 2.75) is 13.5 Å². The highest BCUT2D eigenvalue weighted by Crippen LogP contribution is 2.19. The van der Waals surface area contributed by atoms with Crippen LogP contribution in [0.25, 0.3) is 11.5 Å².